The quantitative estimate of drug-likeness (QED) is 0.145. The van der Waals surface area contributed by atoms with Gasteiger partial charge in [0.05, 0.1) is 23.0 Å². The molecule has 4 heteroatoms. The van der Waals surface area contributed by atoms with Crippen LogP contribution in [-0.4, -0.2) is 0 Å². The third-order valence-corrected chi connectivity index (χ3v) is 13.5. The first kappa shape index (κ1) is 32.0. The number of aryl methyl sites for hydroxylation is 1. The topological polar surface area (TPSA) is 53.0 Å². The minimum Gasteiger partial charge on any atom is -0.399 e. The van der Waals surface area contributed by atoms with Crippen molar-refractivity contribution in [3.05, 3.63) is 186 Å². The summed E-state index contributed by atoms with van der Waals surface area (Å²) in [5, 5.41) is 14.3. The van der Waals surface area contributed by atoms with Crippen molar-refractivity contribution in [2.24, 2.45) is 0 Å². The van der Waals surface area contributed by atoms with E-state index in [4.69, 9.17) is 5.73 Å². The second kappa shape index (κ2) is 12.7. The smallest absolute Gasteiger partial charge is 0.0995 e. The summed E-state index contributed by atoms with van der Waals surface area (Å²) in [4.78, 5) is 2.45. The van der Waals surface area contributed by atoms with Crippen molar-refractivity contribution in [3.63, 3.8) is 0 Å². The Balaban J connectivity index is 1.34. The summed E-state index contributed by atoms with van der Waals surface area (Å²) in [5.41, 5.74) is 20.8. The first-order valence-electron chi connectivity index (χ1n) is 17.9. The molecule has 0 amide bonds. The molecule has 0 aliphatic carbocycles. The van der Waals surface area contributed by atoms with Crippen LogP contribution in [0, 0.1) is 11.3 Å². The lowest BCUT2D eigenvalue weighted by atomic mass is 9.73. The zero-order valence-corrected chi connectivity index (χ0v) is 30.2. The molecule has 2 aliphatic rings. The molecule has 7 aromatic carbocycles. The minimum absolute atomic E-state index is 0.136. The fourth-order valence-electron chi connectivity index (χ4n) is 8.46. The number of hydrogen-bond acceptors (Lipinski definition) is 3. The van der Waals surface area contributed by atoms with Gasteiger partial charge in [0.1, 0.15) is 0 Å². The predicted octanol–water partition coefficient (Wildman–Crippen LogP) is 10.4. The van der Waals surface area contributed by atoms with Crippen LogP contribution in [0.2, 0.25) is 0 Å². The van der Waals surface area contributed by atoms with E-state index in [1.54, 1.807) is 0 Å². The van der Waals surface area contributed by atoms with Gasteiger partial charge in [-0.25, -0.2) is 0 Å². The van der Waals surface area contributed by atoms with Crippen LogP contribution < -0.4 is 26.5 Å². The maximum absolute atomic E-state index is 10.4. The molecule has 0 spiro atoms. The molecule has 2 heterocycles. The highest BCUT2D eigenvalue weighted by Gasteiger charge is 2.37. The number of rotatable bonds is 2. The van der Waals surface area contributed by atoms with Gasteiger partial charge in [-0.15, -0.1) is 0 Å². The van der Waals surface area contributed by atoms with E-state index >= 15 is 0 Å². The first-order valence-corrected chi connectivity index (χ1v) is 19.3. The van der Waals surface area contributed by atoms with Gasteiger partial charge in [0.25, 0.3) is 0 Å². The normalized spacial score (nSPS) is 15.3. The van der Waals surface area contributed by atoms with E-state index < -0.39 is 7.92 Å². The fourth-order valence-corrected chi connectivity index (χ4v) is 11.1. The van der Waals surface area contributed by atoms with Crippen molar-refractivity contribution in [2.75, 3.05) is 10.6 Å². The highest BCUT2D eigenvalue weighted by molar-refractivity contribution is 7.80. The highest BCUT2D eigenvalue weighted by Crippen LogP contribution is 2.52. The van der Waals surface area contributed by atoms with Gasteiger partial charge in [-0.2, -0.15) is 5.26 Å². The second-order valence-electron chi connectivity index (χ2n) is 14.2. The molecule has 2 aliphatic heterocycles. The Kier molecular flexibility index (Phi) is 7.80. The van der Waals surface area contributed by atoms with Crippen molar-refractivity contribution in [3.8, 4) is 28.3 Å². The lowest BCUT2D eigenvalue weighted by Gasteiger charge is -2.42. The Morgan fingerprint density at radius 1 is 0.596 bits per heavy atom. The molecule has 250 valence electrons. The monoisotopic (exact) mass is 687 g/mol. The van der Waals surface area contributed by atoms with Crippen LogP contribution in [0.25, 0.3) is 22.3 Å². The molecule has 0 radical (unpaired) electrons. The van der Waals surface area contributed by atoms with Crippen LogP contribution in [0.5, 0.6) is 0 Å². The number of nitrogens with two attached hydrogens (primary N) is 1. The average Bonchev–Trinajstić information content (AvgIpc) is 3.20. The number of anilines is 4. The van der Waals surface area contributed by atoms with Crippen molar-refractivity contribution >= 4 is 46.6 Å². The van der Waals surface area contributed by atoms with Crippen molar-refractivity contribution in [1.29, 1.82) is 5.26 Å². The molecule has 1 unspecified atom stereocenters. The zero-order chi connectivity index (χ0) is 35.4. The molecule has 0 aromatic heterocycles. The van der Waals surface area contributed by atoms with E-state index in [0.29, 0.717) is 17.7 Å². The molecular weight excluding hydrogens is 650 g/mol. The summed E-state index contributed by atoms with van der Waals surface area (Å²) in [5.74, 6) is 0. The Morgan fingerprint density at radius 2 is 1.17 bits per heavy atom. The lowest BCUT2D eigenvalue weighted by Crippen LogP contribution is -2.30. The maximum Gasteiger partial charge on any atom is 0.0995 e. The molecule has 7 aromatic rings. The molecule has 0 saturated carbocycles. The van der Waals surface area contributed by atoms with Crippen LogP contribution >= 0.6 is 7.92 Å². The second-order valence-corrected chi connectivity index (χ2v) is 16.4. The molecule has 0 saturated heterocycles. The molecule has 3 nitrogen and oxygen atoms in total. The van der Waals surface area contributed by atoms with Crippen LogP contribution in [0.3, 0.4) is 0 Å². The summed E-state index contributed by atoms with van der Waals surface area (Å²) in [6.07, 6.45) is 1.50. The van der Waals surface area contributed by atoms with Gasteiger partial charge < -0.3 is 10.6 Å². The third kappa shape index (κ3) is 5.14. The van der Waals surface area contributed by atoms with Crippen molar-refractivity contribution in [1.82, 2.24) is 0 Å². The van der Waals surface area contributed by atoms with Gasteiger partial charge in [-0.3, -0.25) is 0 Å². The number of hydrogen-bond donors (Lipinski definition) is 1. The molecule has 1 atom stereocenters. The van der Waals surface area contributed by atoms with Crippen LogP contribution in [0.4, 0.5) is 22.7 Å². The Bertz CT molecular complexity index is 2500. The number of nitrogen functional groups attached to an aromatic ring is 1. The van der Waals surface area contributed by atoms with Gasteiger partial charge in [0.15, 0.2) is 0 Å². The molecule has 2 N–H and O–H groups in total. The summed E-state index contributed by atoms with van der Waals surface area (Å²) in [6.45, 7) is 4.66. The summed E-state index contributed by atoms with van der Waals surface area (Å²) in [7, 11) is -1.01. The summed E-state index contributed by atoms with van der Waals surface area (Å²) < 4.78 is 0. The number of benzene rings is 7. The van der Waals surface area contributed by atoms with E-state index in [9.17, 15) is 5.26 Å². The fraction of sp³-hybridized carbons (Fsp3) is 0.104. The Labute approximate surface area is 307 Å². The van der Waals surface area contributed by atoms with E-state index in [1.807, 2.05) is 6.07 Å². The van der Waals surface area contributed by atoms with E-state index in [1.165, 1.54) is 55.1 Å². The van der Waals surface area contributed by atoms with Gasteiger partial charge in [0.2, 0.25) is 0 Å². The lowest BCUT2D eigenvalue weighted by molar-refractivity contribution is 0.632. The van der Waals surface area contributed by atoms with Gasteiger partial charge >= 0.3 is 0 Å². The molecular formula is C48H38N3P. The zero-order valence-electron chi connectivity index (χ0n) is 29.3. The van der Waals surface area contributed by atoms with Crippen LogP contribution in [0.1, 0.15) is 41.7 Å². The first-order chi connectivity index (χ1) is 25.4. The van der Waals surface area contributed by atoms with E-state index in [-0.39, 0.29) is 5.41 Å². The van der Waals surface area contributed by atoms with Gasteiger partial charge in [-0.05, 0) is 118 Å². The molecule has 52 heavy (non-hydrogen) atoms. The predicted molar refractivity (Wildman–Crippen MR) is 219 cm³/mol. The van der Waals surface area contributed by atoms with Crippen molar-refractivity contribution in [2.45, 2.75) is 32.1 Å². The standard InChI is InChI=1S/C48H38N3P/c1-48(2)42-18-8-10-20-44(42)51(45-21-11-9-19-43(45)48)35-26-24-32-25-27-37-33(31-49)28-34(50)29-41(37)39-17-7-13-23-47(39)52(36-14-4-3-5-15-36)46-22-12-6-16-38(46)40(32)30-35/h3-24,26,28-30H,25,27,50H2,1-2H3. The highest BCUT2D eigenvalue weighted by atomic mass is 31.1. The average molecular weight is 688 g/mol. The number of fused-ring (bicyclic) bond motifs is 8. The number of nitrogens with zero attached hydrogens (tertiary/aromatic N) is 2. The van der Waals surface area contributed by atoms with Crippen LogP contribution in [-0.2, 0) is 18.3 Å². The molecule has 0 fully saturated rings. The Morgan fingerprint density at radius 3 is 1.83 bits per heavy atom. The SMILES string of the molecule is CC1(C)c2ccccc2N(c2ccc3c(c2)-c2ccccc2P(c2ccccc2)c2ccccc2-c2cc(N)cc(C#N)c2CC3)c2ccccc21. The largest absolute Gasteiger partial charge is 0.399 e. The Hall–Kier alpha value is -5.94. The van der Waals surface area contributed by atoms with Gasteiger partial charge in [-0.1, -0.05) is 135 Å². The molecule has 0 bridgehead atoms. The van der Waals surface area contributed by atoms with Gasteiger partial charge in [0, 0.05) is 16.8 Å². The van der Waals surface area contributed by atoms with Crippen LogP contribution in [0.15, 0.2) is 158 Å². The summed E-state index contributed by atoms with van der Waals surface area (Å²) >= 11 is 0. The minimum atomic E-state index is -1.01. The third-order valence-electron chi connectivity index (χ3n) is 10.9. The van der Waals surface area contributed by atoms with E-state index in [2.05, 4.69) is 176 Å². The number of para-hydroxylation sites is 2. The molecule has 9 rings (SSSR count). The van der Waals surface area contributed by atoms with E-state index in [0.717, 1.165) is 28.8 Å². The number of nitriles is 1. The maximum atomic E-state index is 10.4. The van der Waals surface area contributed by atoms with Crippen molar-refractivity contribution < 1.29 is 0 Å². The summed E-state index contributed by atoms with van der Waals surface area (Å²) in [6, 6.07) is 59.8.